The number of morpholine rings is 1. The Morgan fingerprint density at radius 1 is 1.53 bits per heavy atom. The van der Waals surface area contributed by atoms with Crippen molar-refractivity contribution >= 4 is 17.7 Å². The summed E-state index contributed by atoms with van der Waals surface area (Å²) in [6, 6.07) is 0. The molecule has 1 unspecified atom stereocenters. The van der Waals surface area contributed by atoms with Gasteiger partial charge in [-0.15, -0.1) is 11.6 Å². The van der Waals surface area contributed by atoms with Crippen LogP contribution in [-0.2, 0) is 9.47 Å². The molecule has 100 valence electrons. The lowest BCUT2D eigenvalue weighted by Crippen LogP contribution is -2.55. The summed E-state index contributed by atoms with van der Waals surface area (Å²) in [4.78, 5) is 13.6. The molecular weight excluding hydrogens is 242 g/mol. The molecule has 4 nitrogen and oxygen atoms in total. The number of nitrogens with zero attached hydrogens (tertiary/aromatic N) is 1. The van der Waals surface area contributed by atoms with Crippen LogP contribution in [0.15, 0.2) is 0 Å². The van der Waals surface area contributed by atoms with E-state index in [2.05, 4.69) is 0 Å². The number of carbonyl (C=O) groups is 1. The van der Waals surface area contributed by atoms with Crippen LogP contribution in [-0.4, -0.2) is 47.3 Å². The van der Waals surface area contributed by atoms with Crippen LogP contribution in [0.1, 0.15) is 34.6 Å². The minimum absolute atomic E-state index is 0.132. The van der Waals surface area contributed by atoms with Crippen LogP contribution < -0.4 is 0 Å². The van der Waals surface area contributed by atoms with Gasteiger partial charge in [-0.25, -0.2) is 4.79 Å². The van der Waals surface area contributed by atoms with Crippen molar-refractivity contribution in [2.45, 2.75) is 51.9 Å². The van der Waals surface area contributed by atoms with Crippen molar-refractivity contribution in [2.75, 3.05) is 19.0 Å². The molecule has 1 heterocycles. The quantitative estimate of drug-likeness (QED) is 0.683. The highest BCUT2D eigenvalue weighted by Gasteiger charge is 2.36. The molecule has 0 aliphatic carbocycles. The molecule has 0 saturated carbocycles. The van der Waals surface area contributed by atoms with Gasteiger partial charge in [0, 0.05) is 0 Å². The van der Waals surface area contributed by atoms with E-state index < -0.39 is 5.60 Å². The third-order valence-corrected chi connectivity index (χ3v) is 2.65. The SMILES string of the molecule is CC(C)(C)OC(=O)N1CC(CCl)OC(C)(C)C1. The molecule has 1 fully saturated rings. The molecule has 0 radical (unpaired) electrons. The van der Waals surface area contributed by atoms with Crippen LogP contribution in [0.4, 0.5) is 4.79 Å². The third-order valence-electron chi connectivity index (χ3n) is 2.31. The van der Waals surface area contributed by atoms with Crippen molar-refractivity contribution in [1.82, 2.24) is 4.90 Å². The molecule has 0 aromatic carbocycles. The first-order valence-corrected chi connectivity index (χ1v) is 6.38. The van der Waals surface area contributed by atoms with E-state index in [9.17, 15) is 4.79 Å². The first-order valence-electron chi connectivity index (χ1n) is 5.85. The van der Waals surface area contributed by atoms with Gasteiger partial charge in [-0.05, 0) is 34.6 Å². The van der Waals surface area contributed by atoms with Crippen molar-refractivity contribution in [2.24, 2.45) is 0 Å². The van der Waals surface area contributed by atoms with Crippen molar-refractivity contribution in [3.63, 3.8) is 0 Å². The number of rotatable bonds is 1. The van der Waals surface area contributed by atoms with Crippen LogP contribution in [0.5, 0.6) is 0 Å². The molecule has 1 amide bonds. The molecule has 1 saturated heterocycles. The van der Waals surface area contributed by atoms with Crippen LogP contribution in [0.2, 0.25) is 0 Å². The van der Waals surface area contributed by atoms with E-state index in [0.29, 0.717) is 19.0 Å². The predicted octanol–water partition coefficient (Wildman–Crippen LogP) is 2.64. The normalized spacial score (nSPS) is 24.6. The van der Waals surface area contributed by atoms with Gasteiger partial charge in [-0.3, -0.25) is 0 Å². The summed E-state index contributed by atoms with van der Waals surface area (Å²) in [5.74, 6) is 0.378. The molecule has 0 aromatic rings. The van der Waals surface area contributed by atoms with Crippen LogP contribution in [0, 0.1) is 0 Å². The van der Waals surface area contributed by atoms with E-state index in [1.807, 2.05) is 34.6 Å². The Kier molecular flexibility index (Phi) is 4.31. The molecule has 1 atom stereocenters. The Morgan fingerprint density at radius 3 is 2.59 bits per heavy atom. The number of alkyl halides is 1. The van der Waals surface area contributed by atoms with E-state index in [-0.39, 0.29) is 17.8 Å². The molecule has 1 rings (SSSR count). The summed E-state index contributed by atoms with van der Waals surface area (Å²) in [7, 11) is 0. The summed E-state index contributed by atoms with van der Waals surface area (Å²) in [6.07, 6.45) is -0.433. The van der Waals surface area contributed by atoms with E-state index in [1.165, 1.54) is 0 Å². The maximum absolute atomic E-state index is 12.0. The van der Waals surface area contributed by atoms with Gasteiger partial charge in [0.15, 0.2) is 0 Å². The molecule has 0 N–H and O–H groups in total. The highest BCUT2D eigenvalue weighted by Crippen LogP contribution is 2.23. The molecule has 1 aliphatic heterocycles. The topological polar surface area (TPSA) is 38.8 Å². The van der Waals surface area contributed by atoms with Crippen molar-refractivity contribution in [1.29, 1.82) is 0 Å². The Morgan fingerprint density at radius 2 is 2.12 bits per heavy atom. The summed E-state index contributed by atoms with van der Waals surface area (Å²) in [6.45, 7) is 10.5. The molecule has 1 aliphatic rings. The molecule has 0 spiro atoms. The van der Waals surface area contributed by atoms with Gasteiger partial charge in [0.1, 0.15) is 5.60 Å². The first-order chi connectivity index (χ1) is 7.63. The third kappa shape index (κ3) is 4.72. The second kappa shape index (κ2) is 5.02. The second-order valence-corrected chi connectivity index (χ2v) is 6.32. The Labute approximate surface area is 108 Å². The van der Waals surface area contributed by atoms with Gasteiger partial charge in [-0.2, -0.15) is 0 Å². The lowest BCUT2D eigenvalue weighted by Gasteiger charge is -2.42. The second-order valence-electron chi connectivity index (χ2n) is 6.01. The summed E-state index contributed by atoms with van der Waals surface area (Å²) >= 11 is 5.81. The molecule has 5 heteroatoms. The zero-order valence-electron chi connectivity index (χ0n) is 11.2. The van der Waals surface area contributed by atoms with Gasteiger partial charge in [0.2, 0.25) is 0 Å². The number of hydrogen-bond acceptors (Lipinski definition) is 3. The van der Waals surface area contributed by atoms with Crippen LogP contribution in [0.25, 0.3) is 0 Å². The maximum atomic E-state index is 12.0. The zero-order valence-corrected chi connectivity index (χ0v) is 12.0. The van der Waals surface area contributed by atoms with E-state index in [1.54, 1.807) is 4.90 Å². The van der Waals surface area contributed by atoms with E-state index in [0.717, 1.165) is 0 Å². The van der Waals surface area contributed by atoms with Crippen molar-refractivity contribution < 1.29 is 14.3 Å². The summed E-state index contributed by atoms with van der Waals surface area (Å²) in [5, 5.41) is 0. The lowest BCUT2D eigenvalue weighted by molar-refractivity contribution is -0.125. The van der Waals surface area contributed by atoms with Gasteiger partial charge >= 0.3 is 6.09 Å². The van der Waals surface area contributed by atoms with E-state index >= 15 is 0 Å². The van der Waals surface area contributed by atoms with E-state index in [4.69, 9.17) is 21.1 Å². The van der Waals surface area contributed by atoms with Gasteiger partial charge < -0.3 is 14.4 Å². The largest absolute Gasteiger partial charge is 0.444 e. The maximum Gasteiger partial charge on any atom is 0.410 e. The fourth-order valence-electron chi connectivity index (χ4n) is 1.84. The highest BCUT2D eigenvalue weighted by atomic mass is 35.5. The molecule has 0 aromatic heterocycles. The standard InChI is InChI=1S/C12H22ClNO3/c1-11(2,3)17-10(15)14-7-9(6-13)16-12(4,5)8-14/h9H,6-8H2,1-5H3. The minimum atomic E-state index is -0.476. The Bertz CT molecular complexity index is 286. The number of amides is 1. The number of carbonyl (C=O) groups excluding carboxylic acids is 1. The molecular formula is C12H22ClNO3. The predicted molar refractivity (Wildman–Crippen MR) is 67.5 cm³/mol. The fraction of sp³-hybridized carbons (Fsp3) is 0.917. The van der Waals surface area contributed by atoms with Crippen LogP contribution >= 0.6 is 11.6 Å². The number of ether oxygens (including phenoxy) is 2. The Balaban J connectivity index is 2.67. The minimum Gasteiger partial charge on any atom is -0.444 e. The highest BCUT2D eigenvalue weighted by molar-refractivity contribution is 6.18. The summed E-state index contributed by atoms with van der Waals surface area (Å²) in [5.41, 5.74) is -0.856. The number of hydrogen-bond donors (Lipinski definition) is 0. The molecule has 0 bridgehead atoms. The average molecular weight is 264 g/mol. The lowest BCUT2D eigenvalue weighted by atomic mass is 10.1. The average Bonchev–Trinajstić information content (AvgIpc) is 2.12. The van der Waals surface area contributed by atoms with Gasteiger partial charge in [-0.1, -0.05) is 0 Å². The van der Waals surface area contributed by atoms with Crippen molar-refractivity contribution in [3.05, 3.63) is 0 Å². The first kappa shape index (κ1) is 14.6. The number of halogens is 1. The fourth-order valence-corrected chi connectivity index (χ4v) is 2.00. The van der Waals surface area contributed by atoms with Crippen molar-refractivity contribution in [3.8, 4) is 0 Å². The van der Waals surface area contributed by atoms with Gasteiger partial charge in [0.05, 0.1) is 30.7 Å². The summed E-state index contributed by atoms with van der Waals surface area (Å²) < 4.78 is 11.1. The van der Waals surface area contributed by atoms with Crippen LogP contribution in [0.3, 0.4) is 0 Å². The monoisotopic (exact) mass is 263 g/mol. The zero-order chi connectivity index (χ0) is 13.3. The van der Waals surface area contributed by atoms with Gasteiger partial charge in [0.25, 0.3) is 0 Å². The smallest absolute Gasteiger partial charge is 0.410 e. The Hall–Kier alpha value is -0.480. The molecule has 17 heavy (non-hydrogen) atoms.